The Kier molecular flexibility index (Phi) is 3.36. The maximum absolute atomic E-state index is 13.2. The van der Waals surface area contributed by atoms with Gasteiger partial charge < -0.3 is 9.84 Å². The topological polar surface area (TPSA) is 46.5 Å². The van der Waals surface area contributed by atoms with Crippen LogP contribution in [0.1, 0.15) is 44.4 Å². The van der Waals surface area contributed by atoms with Gasteiger partial charge in [-0.1, -0.05) is 33.8 Å². The number of aliphatic hydroxyl groups is 1. The van der Waals surface area contributed by atoms with Gasteiger partial charge in [-0.05, 0) is 23.5 Å². The van der Waals surface area contributed by atoms with Crippen LogP contribution in [0, 0.1) is 0 Å². The number of aryl methyl sites for hydroxylation is 1. The Labute approximate surface area is 120 Å². The molecular formula is C15H17F3O3. The molecule has 2 rings (SSSR count). The first-order valence-electron chi connectivity index (χ1n) is 6.62. The Bertz CT molecular complexity index is 599. The van der Waals surface area contributed by atoms with Crippen molar-refractivity contribution < 1.29 is 27.8 Å². The fraction of sp³-hybridized carbons (Fsp3) is 0.533. The van der Waals surface area contributed by atoms with Crippen LogP contribution in [0.2, 0.25) is 0 Å². The lowest BCUT2D eigenvalue weighted by molar-refractivity contribution is -0.258. The minimum atomic E-state index is -5.13. The maximum Gasteiger partial charge on any atom is 0.432 e. The summed E-state index contributed by atoms with van der Waals surface area (Å²) in [4.78, 5) is 11.7. The Balaban J connectivity index is 2.80. The molecule has 0 saturated heterocycles. The van der Waals surface area contributed by atoms with Crippen molar-refractivity contribution in [3.05, 3.63) is 28.8 Å². The second kappa shape index (κ2) is 4.47. The van der Waals surface area contributed by atoms with Gasteiger partial charge in [-0.3, -0.25) is 0 Å². The van der Waals surface area contributed by atoms with Crippen molar-refractivity contribution in [3.63, 3.8) is 0 Å². The van der Waals surface area contributed by atoms with Crippen LogP contribution in [-0.4, -0.2) is 17.3 Å². The van der Waals surface area contributed by atoms with E-state index in [0.29, 0.717) is 17.5 Å². The fourth-order valence-electron chi connectivity index (χ4n) is 2.37. The molecule has 0 aromatic heterocycles. The summed E-state index contributed by atoms with van der Waals surface area (Å²) in [6, 6.07) is 2.91. The molecule has 0 fully saturated rings. The van der Waals surface area contributed by atoms with Gasteiger partial charge in [0, 0.05) is 11.1 Å². The quantitative estimate of drug-likeness (QED) is 0.640. The Morgan fingerprint density at radius 2 is 1.81 bits per heavy atom. The number of hydrogen-bond donors (Lipinski definition) is 1. The van der Waals surface area contributed by atoms with E-state index in [2.05, 4.69) is 0 Å². The average molecular weight is 302 g/mol. The Morgan fingerprint density at radius 1 is 1.24 bits per heavy atom. The van der Waals surface area contributed by atoms with E-state index in [1.54, 1.807) is 33.8 Å². The van der Waals surface area contributed by atoms with E-state index < -0.39 is 28.7 Å². The van der Waals surface area contributed by atoms with Crippen LogP contribution in [-0.2, 0) is 22.2 Å². The van der Waals surface area contributed by atoms with Crippen LogP contribution < -0.4 is 4.74 Å². The summed E-state index contributed by atoms with van der Waals surface area (Å²) in [5.74, 6) is -1.87. The van der Waals surface area contributed by atoms with E-state index in [4.69, 9.17) is 4.74 Å². The van der Waals surface area contributed by atoms with Crippen molar-refractivity contribution in [1.82, 2.24) is 0 Å². The molecule has 6 heteroatoms. The zero-order valence-corrected chi connectivity index (χ0v) is 12.3. The van der Waals surface area contributed by atoms with Gasteiger partial charge in [-0.15, -0.1) is 0 Å². The molecule has 1 N–H and O–H groups in total. The third-order valence-electron chi connectivity index (χ3n) is 3.66. The largest absolute Gasteiger partial charge is 0.432 e. The number of benzene rings is 1. The van der Waals surface area contributed by atoms with E-state index in [9.17, 15) is 23.1 Å². The summed E-state index contributed by atoms with van der Waals surface area (Å²) >= 11 is 0. The molecular weight excluding hydrogens is 285 g/mol. The molecule has 0 amide bonds. The molecule has 1 atom stereocenters. The lowest BCUT2D eigenvalue weighted by Crippen LogP contribution is -2.47. The standard InChI is InChI=1S/C15H17F3O3/c1-5-8-6-9(13(2,3)4)11-10(7-8)14(20,12(19)21-11)15(16,17)18/h6-7,20H,5H2,1-4H3. The molecule has 1 unspecified atom stereocenters. The first-order valence-corrected chi connectivity index (χ1v) is 6.62. The van der Waals surface area contributed by atoms with Gasteiger partial charge in [0.2, 0.25) is 0 Å². The number of alkyl halides is 3. The number of ether oxygens (including phenoxy) is 1. The zero-order chi connectivity index (χ0) is 16.2. The molecule has 1 heterocycles. The summed E-state index contributed by atoms with van der Waals surface area (Å²) in [5, 5.41) is 9.96. The van der Waals surface area contributed by atoms with E-state index in [0.717, 1.165) is 0 Å². The molecule has 0 bridgehead atoms. The second-order valence-corrected chi connectivity index (χ2v) is 6.22. The number of fused-ring (bicyclic) bond motifs is 1. The van der Waals surface area contributed by atoms with Crippen molar-refractivity contribution in [2.45, 2.75) is 51.3 Å². The maximum atomic E-state index is 13.2. The second-order valence-electron chi connectivity index (χ2n) is 6.22. The highest BCUT2D eigenvalue weighted by Gasteiger charge is 2.67. The molecule has 1 aliphatic heterocycles. The number of carbonyl (C=O) groups excluding carboxylic acids is 1. The molecule has 1 aromatic rings. The molecule has 0 radical (unpaired) electrons. The number of rotatable bonds is 1. The van der Waals surface area contributed by atoms with E-state index in [1.165, 1.54) is 6.07 Å². The van der Waals surface area contributed by atoms with Crippen molar-refractivity contribution in [3.8, 4) is 5.75 Å². The minimum Gasteiger partial charge on any atom is -0.423 e. The smallest absolute Gasteiger partial charge is 0.423 e. The van der Waals surface area contributed by atoms with E-state index in [1.807, 2.05) is 0 Å². The summed E-state index contributed by atoms with van der Waals surface area (Å²) < 4.78 is 44.4. The summed E-state index contributed by atoms with van der Waals surface area (Å²) in [5.41, 5.74) is -3.53. The summed E-state index contributed by atoms with van der Waals surface area (Å²) in [7, 11) is 0. The number of halogens is 3. The molecule has 0 spiro atoms. The first kappa shape index (κ1) is 15.8. The molecule has 21 heavy (non-hydrogen) atoms. The Hall–Kier alpha value is -1.56. The molecule has 0 aliphatic carbocycles. The van der Waals surface area contributed by atoms with E-state index >= 15 is 0 Å². The molecule has 116 valence electrons. The zero-order valence-electron chi connectivity index (χ0n) is 12.3. The van der Waals surface area contributed by atoms with Crippen LogP contribution >= 0.6 is 0 Å². The van der Waals surface area contributed by atoms with Gasteiger partial charge in [-0.2, -0.15) is 13.2 Å². The average Bonchev–Trinajstić information content (AvgIpc) is 2.60. The first-order chi connectivity index (χ1) is 9.42. The SMILES string of the molecule is CCc1cc(C(C)(C)C)c2c(c1)C(O)(C(F)(F)F)C(=O)O2. The summed E-state index contributed by atoms with van der Waals surface area (Å²) in [6.07, 6.45) is -4.64. The van der Waals surface area contributed by atoms with Crippen LogP contribution in [0.25, 0.3) is 0 Å². The van der Waals surface area contributed by atoms with Gasteiger partial charge >= 0.3 is 12.1 Å². The fourth-order valence-corrected chi connectivity index (χ4v) is 2.37. The predicted octanol–water partition coefficient (Wildman–Crippen LogP) is 3.22. The predicted molar refractivity (Wildman–Crippen MR) is 70.1 cm³/mol. The summed E-state index contributed by atoms with van der Waals surface area (Å²) in [6.45, 7) is 7.21. The van der Waals surface area contributed by atoms with Crippen molar-refractivity contribution in [2.75, 3.05) is 0 Å². The third kappa shape index (κ3) is 2.21. The molecule has 0 saturated carbocycles. The van der Waals surface area contributed by atoms with Crippen LogP contribution in [0.5, 0.6) is 5.75 Å². The lowest BCUT2D eigenvalue weighted by atomic mass is 9.81. The van der Waals surface area contributed by atoms with Crippen LogP contribution in [0.15, 0.2) is 12.1 Å². The highest BCUT2D eigenvalue weighted by molar-refractivity contribution is 5.90. The lowest BCUT2D eigenvalue weighted by Gasteiger charge is -2.25. The van der Waals surface area contributed by atoms with Gasteiger partial charge in [-0.25, -0.2) is 4.79 Å². The minimum absolute atomic E-state index is 0.176. The molecule has 1 aromatic carbocycles. The molecule has 3 nitrogen and oxygen atoms in total. The number of hydrogen-bond acceptors (Lipinski definition) is 3. The highest BCUT2D eigenvalue weighted by Crippen LogP contribution is 2.51. The normalized spacial score (nSPS) is 22.2. The molecule has 1 aliphatic rings. The number of esters is 1. The van der Waals surface area contributed by atoms with Crippen molar-refractivity contribution >= 4 is 5.97 Å². The van der Waals surface area contributed by atoms with Crippen LogP contribution in [0.4, 0.5) is 13.2 Å². The highest BCUT2D eigenvalue weighted by atomic mass is 19.4. The van der Waals surface area contributed by atoms with Crippen molar-refractivity contribution in [1.29, 1.82) is 0 Å². The monoisotopic (exact) mass is 302 g/mol. The third-order valence-corrected chi connectivity index (χ3v) is 3.66. The van der Waals surface area contributed by atoms with Crippen LogP contribution in [0.3, 0.4) is 0 Å². The van der Waals surface area contributed by atoms with E-state index in [-0.39, 0.29) is 5.75 Å². The van der Waals surface area contributed by atoms with Gasteiger partial charge in [0.25, 0.3) is 5.60 Å². The number of carbonyl (C=O) groups is 1. The van der Waals surface area contributed by atoms with Crippen molar-refractivity contribution in [2.24, 2.45) is 0 Å². The van der Waals surface area contributed by atoms with Gasteiger partial charge in [0.05, 0.1) is 0 Å². The van der Waals surface area contributed by atoms with Gasteiger partial charge in [0.15, 0.2) is 0 Å². The van der Waals surface area contributed by atoms with Gasteiger partial charge in [0.1, 0.15) is 5.75 Å². The Morgan fingerprint density at radius 3 is 2.24 bits per heavy atom.